The molecule has 25 heavy (non-hydrogen) atoms. The van der Waals surface area contributed by atoms with Crippen molar-refractivity contribution in [3.8, 4) is 0 Å². The Morgan fingerprint density at radius 1 is 1.08 bits per heavy atom. The van der Waals surface area contributed by atoms with Gasteiger partial charge in [0.05, 0.1) is 16.8 Å². The summed E-state index contributed by atoms with van der Waals surface area (Å²) in [5, 5.41) is 1.09. The fourth-order valence-electron chi connectivity index (χ4n) is 3.58. The number of carbonyl (C=O) groups excluding carboxylic acids is 1. The van der Waals surface area contributed by atoms with Crippen molar-refractivity contribution in [2.75, 3.05) is 0 Å². The average Bonchev–Trinajstić information content (AvgIpc) is 2.59. The first-order valence-corrected chi connectivity index (χ1v) is 8.53. The maximum Gasteiger partial charge on any atom is 0.160 e. The Hall–Kier alpha value is -2.81. The van der Waals surface area contributed by atoms with Crippen molar-refractivity contribution in [3.05, 3.63) is 77.0 Å². The summed E-state index contributed by atoms with van der Waals surface area (Å²) in [5.74, 6) is 0.102. The number of rotatable bonds is 2. The van der Waals surface area contributed by atoms with Crippen molar-refractivity contribution >= 4 is 22.4 Å². The number of para-hydroxylation sites is 1. The van der Waals surface area contributed by atoms with E-state index in [0.29, 0.717) is 0 Å². The molecule has 0 spiro atoms. The lowest BCUT2D eigenvalue weighted by molar-refractivity contribution is 0.101. The summed E-state index contributed by atoms with van der Waals surface area (Å²) < 4.78 is 0. The lowest BCUT2D eigenvalue weighted by atomic mass is 9.82. The highest BCUT2D eigenvalue weighted by Gasteiger charge is 2.30. The van der Waals surface area contributed by atoms with Crippen LogP contribution in [0.1, 0.15) is 47.8 Å². The first-order valence-electron chi connectivity index (χ1n) is 8.53. The number of aromatic nitrogens is 1. The number of aliphatic imine (C=N–C) groups is 1. The van der Waals surface area contributed by atoms with Gasteiger partial charge in [-0.05, 0) is 44.9 Å². The second-order valence-electron chi connectivity index (χ2n) is 7.25. The van der Waals surface area contributed by atoms with Crippen LogP contribution in [0.5, 0.6) is 0 Å². The van der Waals surface area contributed by atoms with Crippen molar-refractivity contribution in [1.29, 1.82) is 0 Å². The number of nitrogens with zero attached hydrogens (tertiary/aromatic N) is 2. The third-order valence-corrected chi connectivity index (χ3v) is 4.70. The molecule has 0 bridgehead atoms. The highest BCUT2D eigenvalue weighted by Crippen LogP contribution is 2.32. The van der Waals surface area contributed by atoms with E-state index in [-0.39, 0.29) is 11.3 Å². The summed E-state index contributed by atoms with van der Waals surface area (Å²) in [6.07, 6.45) is 2.65. The Bertz CT molecular complexity index is 1030. The lowest BCUT2D eigenvalue weighted by Gasteiger charge is -2.30. The van der Waals surface area contributed by atoms with Gasteiger partial charge in [-0.2, -0.15) is 0 Å². The van der Waals surface area contributed by atoms with E-state index in [9.17, 15) is 4.79 Å². The fraction of sp³-hybridized carbons (Fsp3) is 0.227. The normalized spacial score (nSPS) is 15.6. The van der Waals surface area contributed by atoms with Crippen LogP contribution >= 0.6 is 0 Å². The van der Waals surface area contributed by atoms with E-state index in [2.05, 4.69) is 37.0 Å². The number of ketones is 1. The molecule has 1 aliphatic rings. The minimum atomic E-state index is -0.250. The summed E-state index contributed by atoms with van der Waals surface area (Å²) in [5.41, 5.74) is 5.58. The number of fused-ring (bicyclic) bond motifs is 2. The molecule has 0 fully saturated rings. The van der Waals surface area contributed by atoms with Crippen LogP contribution in [0.4, 0.5) is 0 Å². The van der Waals surface area contributed by atoms with Gasteiger partial charge in [0.1, 0.15) is 0 Å². The van der Waals surface area contributed by atoms with Gasteiger partial charge in [0, 0.05) is 28.3 Å². The molecule has 4 rings (SSSR count). The predicted octanol–water partition coefficient (Wildman–Crippen LogP) is 4.61. The molecular formula is C22H20N2O. The molecule has 0 saturated carbocycles. The van der Waals surface area contributed by atoms with Crippen molar-refractivity contribution in [2.45, 2.75) is 32.7 Å². The van der Waals surface area contributed by atoms with Crippen molar-refractivity contribution in [3.63, 3.8) is 0 Å². The minimum absolute atomic E-state index is 0.102. The molecule has 2 aromatic carbocycles. The van der Waals surface area contributed by atoms with Crippen LogP contribution in [-0.4, -0.2) is 22.0 Å². The molecule has 0 atom stereocenters. The molecule has 0 radical (unpaired) electrons. The SMILES string of the molecule is CC(=O)c1cccc2c1CC(C)(C)N=C2c1cnc2ccccc2c1. The van der Waals surface area contributed by atoms with Gasteiger partial charge in [-0.1, -0.05) is 36.4 Å². The zero-order chi connectivity index (χ0) is 17.6. The van der Waals surface area contributed by atoms with E-state index >= 15 is 0 Å². The molecule has 1 aromatic heterocycles. The summed E-state index contributed by atoms with van der Waals surface area (Å²) in [6.45, 7) is 5.86. The Balaban J connectivity index is 1.95. The van der Waals surface area contributed by atoms with E-state index in [1.165, 1.54) is 0 Å². The number of Topliss-reactive ketones (excluding diaryl/α,β-unsaturated/α-hetero) is 1. The highest BCUT2D eigenvalue weighted by atomic mass is 16.1. The Morgan fingerprint density at radius 3 is 2.68 bits per heavy atom. The standard InChI is InChI=1S/C22H20N2O/c1-14(25)17-8-6-9-18-19(17)12-22(2,3)24-21(18)16-11-15-7-4-5-10-20(15)23-13-16/h4-11,13H,12H2,1-3H3. The maximum atomic E-state index is 12.1. The monoisotopic (exact) mass is 328 g/mol. The summed E-state index contributed by atoms with van der Waals surface area (Å²) >= 11 is 0. The molecule has 0 unspecified atom stereocenters. The number of hydrogen-bond donors (Lipinski definition) is 0. The van der Waals surface area contributed by atoms with Crippen LogP contribution in [0.25, 0.3) is 10.9 Å². The number of benzene rings is 2. The minimum Gasteiger partial charge on any atom is -0.295 e. The van der Waals surface area contributed by atoms with Gasteiger partial charge < -0.3 is 0 Å². The van der Waals surface area contributed by atoms with Crippen LogP contribution < -0.4 is 0 Å². The molecule has 124 valence electrons. The van der Waals surface area contributed by atoms with E-state index in [1.807, 2.05) is 36.5 Å². The maximum absolute atomic E-state index is 12.1. The van der Waals surface area contributed by atoms with E-state index < -0.39 is 0 Å². The Labute approximate surface area is 147 Å². The Kier molecular flexibility index (Phi) is 3.53. The summed E-state index contributed by atoms with van der Waals surface area (Å²) in [6, 6.07) is 16.1. The smallest absolute Gasteiger partial charge is 0.160 e. The van der Waals surface area contributed by atoms with Crippen molar-refractivity contribution < 1.29 is 4.79 Å². The zero-order valence-corrected chi connectivity index (χ0v) is 14.7. The van der Waals surface area contributed by atoms with Gasteiger partial charge in [0.15, 0.2) is 5.78 Å². The third kappa shape index (κ3) is 2.76. The largest absolute Gasteiger partial charge is 0.295 e. The predicted molar refractivity (Wildman–Crippen MR) is 102 cm³/mol. The second kappa shape index (κ2) is 5.62. The van der Waals surface area contributed by atoms with Gasteiger partial charge >= 0.3 is 0 Å². The average molecular weight is 328 g/mol. The second-order valence-corrected chi connectivity index (χ2v) is 7.25. The van der Waals surface area contributed by atoms with Crippen molar-refractivity contribution in [1.82, 2.24) is 4.98 Å². The van der Waals surface area contributed by atoms with Crippen LogP contribution in [0.3, 0.4) is 0 Å². The van der Waals surface area contributed by atoms with Crippen LogP contribution in [0, 0.1) is 0 Å². The molecular weight excluding hydrogens is 308 g/mol. The van der Waals surface area contributed by atoms with Crippen LogP contribution in [0.2, 0.25) is 0 Å². The van der Waals surface area contributed by atoms with Gasteiger partial charge in [0.2, 0.25) is 0 Å². The third-order valence-electron chi connectivity index (χ3n) is 4.70. The number of carbonyl (C=O) groups is 1. The van der Waals surface area contributed by atoms with Gasteiger partial charge in [0.25, 0.3) is 0 Å². The molecule has 0 N–H and O–H groups in total. The molecule has 3 nitrogen and oxygen atoms in total. The van der Waals surface area contributed by atoms with Gasteiger partial charge in [-0.15, -0.1) is 0 Å². The number of hydrogen-bond acceptors (Lipinski definition) is 3. The molecule has 1 aliphatic heterocycles. The molecule has 0 amide bonds. The summed E-state index contributed by atoms with van der Waals surface area (Å²) in [4.78, 5) is 21.7. The topological polar surface area (TPSA) is 42.3 Å². The molecule has 2 heterocycles. The van der Waals surface area contributed by atoms with E-state index in [0.717, 1.165) is 45.3 Å². The number of pyridine rings is 1. The molecule has 3 heteroatoms. The molecule has 0 saturated heterocycles. The molecule has 0 aliphatic carbocycles. The molecule has 3 aromatic rings. The van der Waals surface area contributed by atoms with Gasteiger partial charge in [-0.25, -0.2) is 0 Å². The van der Waals surface area contributed by atoms with E-state index in [1.54, 1.807) is 6.92 Å². The van der Waals surface area contributed by atoms with Gasteiger partial charge in [-0.3, -0.25) is 14.8 Å². The quantitative estimate of drug-likeness (QED) is 0.645. The summed E-state index contributed by atoms with van der Waals surface area (Å²) in [7, 11) is 0. The zero-order valence-electron chi connectivity index (χ0n) is 14.7. The first-order chi connectivity index (χ1) is 11.9. The highest BCUT2D eigenvalue weighted by molar-refractivity contribution is 6.16. The first kappa shape index (κ1) is 15.7. The van der Waals surface area contributed by atoms with Crippen LogP contribution in [0.15, 0.2) is 59.7 Å². The van der Waals surface area contributed by atoms with Crippen LogP contribution in [-0.2, 0) is 6.42 Å². The van der Waals surface area contributed by atoms with E-state index in [4.69, 9.17) is 4.99 Å². The Morgan fingerprint density at radius 2 is 1.88 bits per heavy atom. The lowest BCUT2D eigenvalue weighted by Crippen LogP contribution is -2.30. The van der Waals surface area contributed by atoms with Crippen molar-refractivity contribution in [2.24, 2.45) is 4.99 Å². The fourth-order valence-corrected chi connectivity index (χ4v) is 3.58.